The van der Waals surface area contributed by atoms with Crippen LogP contribution in [0.15, 0.2) is 23.8 Å². The Labute approximate surface area is 55.7 Å². The van der Waals surface area contributed by atoms with Gasteiger partial charge in [-0.05, 0) is 13.3 Å². The second kappa shape index (κ2) is 2.83. The molecule has 0 spiro atoms. The summed E-state index contributed by atoms with van der Waals surface area (Å²) in [5.41, 5.74) is 1.31. The lowest BCUT2D eigenvalue weighted by molar-refractivity contribution is 0.253. The van der Waals surface area contributed by atoms with E-state index in [-0.39, 0.29) is 6.61 Å². The van der Waals surface area contributed by atoms with Crippen LogP contribution in [0.4, 0.5) is 0 Å². The summed E-state index contributed by atoms with van der Waals surface area (Å²) in [5.74, 6) is 0.369. The molecule has 0 aromatic rings. The Morgan fingerprint density at radius 1 is 1.78 bits per heavy atom. The van der Waals surface area contributed by atoms with Crippen molar-refractivity contribution < 1.29 is 5.11 Å². The van der Waals surface area contributed by atoms with Gasteiger partial charge in [-0.1, -0.05) is 23.8 Å². The standard InChI is InChI=1S/C8H12O/c1-7-2-4-8(6-9)5-3-7/h2-4,8-9H,5-6H2,1H3. The van der Waals surface area contributed by atoms with Gasteiger partial charge in [0.25, 0.3) is 0 Å². The van der Waals surface area contributed by atoms with Gasteiger partial charge in [-0.3, -0.25) is 0 Å². The predicted octanol–water partition coefficient (Wildman–Crippen LogP) is 1.50. The summed E-state index contributed by atoms with van der Waals surface area (Å²) in [6.45, 7) is 2.35. The third-order valence-corrected chi connectivity index (χ3v) is 1.61. The first-order valence-electron chi connectivity index (χ1n) is 3.28. The van der Waals surface area contributed by atoms with Crippen molar-refractivity contribution in [2.24, 2.45) is 5.92 Å². The van der Waals surface area contributed by atoms with Crippen molar-refractivity contribution in [3.63, 3.8) is 0 Å². The summed E-state index contributed by atoms with van der Waals surface area (Å²) in [4.78, 5) is 0. The van der Waals surface area contributed by atoms with Crippen LogP contribution in [0.3, 0.4) is 0 Å². The summed E-state index contributed by atoms with van der Waals surface area (Å²) < 4.78 is 0. The molecule has 50 valence electrons. The minimum absolute atomic E-state index is 0.278. The Hall–Kier alpha value is -0.560. The fraction of sp³-hybridized carbons (Fsp3) is 0.500. The lowest BCUT2D eigenvalue weighted by atomic mass is 9.98. The molecule has 1 aliphatic carbocycles. The lowest BCUT2D eigenvalue weighted by Gasteiger charge is -2.10. The number of allylic oxidation sites excluding steroid dienone is 3. The molecule has 1 unspecified atom stereocenters. The van der Waals surface area contributed by atoms with Crippen molar-refractivity contribution >= 4 is 0 Å². The summed E-state index contributed by atoms with van der Waals surface area (Å²) in [6.07, 6.45) is 7.28. The lowest BCUT2D eigenvalue weighted by Crippen LogP contribution is -2.03. The number of hydrogen-bond acceptors (Lipinski definition) is 1. The molecule has 1 aliphatic rings. The Kier molecular flexibility index (Phi) is 2.06. The molecule has 0 amide bonds. The molecule has 0 fully saturated rings. The van der Waals surface area contributed by atoms with Crippen LogP contribution in [-0.2, 0) is 0 Å². The average molecular weight is 124 g/mol. The van der Waals surface area contributed by atoms with Gasteiger partial charge >= 0.3 is 0 Å². The molecule has 1 nitrogen and oxygen atoms in total. The zero-order valence-electron chi connectivity index (χ0n) is 5.67. The van der Waals surface area contributed by atoms with Crippen molar-refractivity contribution in [1.82, 2.24) is 0 Å². The van der Waals surface area contributed by atoms with E-state index >= 15 is 0 Å². The first-order chi connectivity index (χ1) is 4.33. The van der Waals surface area contributed by atoms with Gasteiger partial charge in [0, 0.05) is 12.5 Å². The maximum atomic E-state index is 8.70. The molecule has 0 saturated heterocycles. The molecule has 1 rings (SSSR count). The third-order valence-electron chi connectivity index (χ3n) is 1.61. The Morgan fingerprint density at radius 3 is 3.00 bits per heavy atom. The van der Waals surface area contributed by atoms with E-state index in [1.165, 1.54) is 5.57 Å². The number of rotatable bonds is 1. The molecule has 9 heavy (non-hydrogen) atoms. The van der Waals surface area contributed by atoms with Crippen molar-refractivity contribution in [2.75, 3.05) is 6.61 Å². The molecule has 0 saturated carbocycles. The van der Waals surface area contributed by atoms with Crippen LogP contribution in [0, 0.1) is 5.92 Å². The van der Waals surface area contributed by atoms with Crippen LogP contribution in [0.25, 0.3) is 0 Å². The zero-order valence-corrected chi connectivity index (χ0v) is 5.67. The van der Waals surface area contributed by atoms with Crippen LogP contribution in [0.1, 0.15) is 13.3 Å². The van der Waals surface area contributed by atoms with E-state index in [4.69, 9.17) is 5.11 Å². The highest BCUT2D eigenvalue weighted by Crippen LogP contribution is 2.14. The first kappa shape index (κ1) is 6.56. The molecule has 0 heterocycles. The number of hydrogen-bond donors (Lipinski definition) is 1. The van der Waals surface area contributed by atoms with E-state index in [0.717, 1.165) is 6.42 Å². The van der Waals surface area contributed by atoms with Gasteiger partial charge in [-0.2, -0.15) is 0 Å². The molecular weight excluding hydrogens is 112 g/mol. The fourth-order valence-corrected chi connectivity index (χ4v) is 0.907. The second-order valence-electron chi connectivity index (χ2n) is 2.49. The Morgan fingerprint density at radius 2 is 2.56 bits per heavy atom. The fourth-order valence-electron chi connectivity index (χ4n) is 0.907. The topological polar surface area (TPSA) is 20.2 Å². The van der Waals surface area contributed by atoms with E-state index in [9.17, 15) is 0 Å². The average Bonchev–Trinajstić information content (AvgIpc) is 1.90. The Balaban J connectivity index is 2.48. The highest BCUT2D eigenvalue weighted by Gasteiger charge is 2.03. The third kappa shape index (κ3) is 1.68. The number of aliphatic hydroxyl groups is 1. The highest BCUT2D eigenvalue weighted by molar-refractivity contribution is 5.21. The molecule has 0 radical (unpaired) electrons. The SMILES string of the molecule is CC1=CCC(CO)C=C1. The maximum absolute atomic E-state index is 8.70. The zero-order chi connectivity index (χ0) is 6.69. The smallest absolute Gasteiger partial charge is 0.0496 e. The van der Waals surface area contributed by atoms with Gasteiger partial charge in [0.1, 0.15) is 0 Å². The van der Waals surface area contributed by atoms with Gasteiger partial charge in [0.2, 0.25) is 0 Å². The molecule has 1 N–H and O–H groups in total. The molecule has 0 aromatic heterocycles. The Bertz CT molecular complexity index is 145. The summed E-state index contributed by atoms with van der Waals surface area (Å²) in [6, 6.07) is 0. The van der Waals surface area contributed by atoms with Crippen molar-refractivity contribution in [1.29, 1.82) is 0 Å². The van der Waals surface area contributed by atoms with Crippen molar-refractivity contribution in [3.05, 3.63) is 23.8 Å². The largest absolute Gasteiger partial charge is 0.396 e. The second-order valence-corrected chi connectivity index (χ2v) is 2.49. The monoisotopic (exact) mass is 124 g/mol. The van der Waals surface area contributed by atoms with E-state index < -0.39 is 0 Å². The van der Waals surface area contributed by atoms with E-state index in [1.54, 1.807) is 0 Å². The van der Waals surface area contributed by atoms with Crippen LogP contribution in [0.5, 0.6) is 0 Å². The first-order valence-corrected chi connectivity index (χ1v) is 3.28. The van der Waals surface area contributed by atoms with Crippen molar-refractivity contribution in [3.8, 4) is 0 Å². The van der Waals surface area contributed by atoms with Gasteiger partial charge < -0.3 is 5.11 Å². The minimum atomic E-state index is 0.278. The summed E-state index contributed by atoms with van der Waals surface area (Å²) in [7, 11) is 0. The molecular formula is C8H12O. The van der Waals surface area contributed by atoms with E-state index in [1.807, 2.05) is 0 Å². The van der Waals surface area contributed by atoms with Crippen molar-refractivity contribution in [2.45, 2.75) is 13.3 Å². The molecule has 0 aromatic carbocycles. The number of aliphatic hydroxyl groups excluding tert-OH is 1. The maximum Gasteiger partial charge on any atom is 0.0496 e. The van der Waals surface area contributed by atoms with Gasteiger partial charge in [0.05, 0.1) is 0 Å². The normalized spacial score (nSPS) is 26.0. The van der Waals surface area contributed by atoms with Gasteiger partial charge in [0.15, 0.2) is 0 Å². The van der Waals surface area contributed by atoms with E-state index in [0.29, 0.717) is 5.92 Å². The summed E-state index contributed by atoms with van der Waals surface area (Å²) >= 11 is 0. The predicted molar refractivity (Wildman–Crippen MR) is 38.1 cm³/mol. The van der Waals surface area contributed by atoms with Gasteiger partial charge in [-0.15, -0.1) is 0 Å². The van der Waals surface area contributed by atoms with Crippen LogP contribution < -0.4 is 0 Å². The molecule has 0 bridgehead atoms. The minimum Gasteiger partial charge on any atom is -0.396 e. The quantitative estimate of drug-likeness (QED) is 0.561. The molecule has 1 atom stereocenters. The van der Waals surface area contributed by atoms with Crippen LogP contribution in [-0.4, -0.2) is 11.7 Å². The molecule has 0 aliphatic heterocycles. The highest BCUT2D eigenvalue weighted by atomic mass is 16.3. The molecule has 1 heteroatoms. The van der Waals surface area contributed by atoms with Crippen LogP contribution in [0.2, 0.25) is 0 Å². The van der Waals surface area contributed by atoms with Gasteiger partial charge in [-0.25, -0.2) is 0 Å². The summed E-state index contributed by atoms with van der Waals surface area (Å²) in [5, 5.41) is 8.70. The van der Waals surface area contributed by atoms with Crippen LogP contribution >= 0.6 is 0 Å². The van der Waals surface area contributed by atoms with E-state index in [2.05, 4.69) is 25.2 Å².